The van der Waals surface area contributed by atoms with E-state index in [9.17, 15) is 18.0 Å². The van der Waals surface area contributed by atoms with Crippen LogP contribution in [0.3, 0.4) is 0 Å². The third kappa shape index (κ3) is 3.10. The van der Waals surface area contributed by atoms with Crippen molar-refractivity contribution in [3.05, 3.63) is 29.1 Å². The van der Waals surface area contributed by atoms with Crippen molar-refractivity contribution in [2.45, 2.75) is 32.2 Å². The predicted octanol–water partition coefficient (Wildman–Crippen LogP) is 2.38. The van der Waals surface area contributed by atoms with Crippen molar-refractivity contribution in [2.75, 3.05) is 0 Å². The smallest absolute Gasteiger partial charge is 0.255 e. The number of nitrogens with two attached hydrogens (primary N) is 1. The highest BCUT2D eigenvalue weighted by molar-refractivity contribution is 7.80. The van der Waals surface area contributed by atoms with Gasteiger partial charge in [-0.05, 0) is 18.9 Å². The summed E-state index contributed by atoms with van der Waals surface area (Å²) >= 11 is 4.89. The first-order valence-electron chi connectivity index (χ1n) is 6.19. The van der Waals surface area contributed by atoms with Crippen LogP contribution >= 0.6 is 12.2 Å². The number of carbonyl (C=O) groups excluding carboxylic acids is 1. The number of phenolic OH excluding ortho intramolecular Hbond substituents is 1. The minimum absolute atomic E-state index is 0.00642. The van der Waals surface area contributed by atoms with E-state index in [0.717, 1.165) is 0 Å². The molecule has 0 aromatic heterocycles. The molecule has 0 bridgehead atoms. The summed E-state index contributed by atoms with van der Waals surface area (Å²) in [7, 11) is 0. The van der Waals surface area contributed by atoms with E-state index in [1.807, 2.05) is 0 Å². The second kappa shape index (κ2) is 6.30. The second-order valence-electron chi connectivity index (χ2n) is 4.49. The molecule has 0 atom stereocenters. The van der Waals surface area contributed by atoms with E-state index < -0.39 is 40.2 Å². The molecule has 0 fully saturated rings. The first-order chi connectivity index (χ1) is 9.70. The van der Waals surface area contributed by atoms with Crippen LogP contribution in [0.5, 0.6) is 5.75 Å². The molecule has 0 radical (unpaired) electrons. The van der Waals surface area contributed by atoms with Gasteiger partial charge in [0, 0.05) is 0 Å². The Morgan fingerprint density at radius 3 is 2.29 bits per heavy atom. The van der Waals surface area contributed by atoms with Gasteiger partial charge in [-0.3, -0.25) is 4.79 Å². The Hall–Kier alpha value is -1.83. The summed E-state index contributed by atoms with van der Waals surface area (Å²) in [5.74, 6) is -7.42. The lowest BCUT2D eigenvalue weighted by Gasteiger charge is -2.31. The van der Waals surface area contributed by atoms with E-state index in [4.69, 9.17) is 23.1 Å². The van der Waals surface area contributed by atoms with Crippen molar-refractivity contribution in [2.24, 2.45) is 5.73 Å². The standard InChI is InChI=1S/C13H15F3N2O2S/c1-3-13(4-2,12(17)21)18-11(20)6-5-7(14)9(16)10(19)8(6)15/h5,19H,3-4H2,1-2H3,(H2,17,21)(H,18,20). The van der Waals surface area contributed by atoms with Gasteiger partial charge < -0.3 is 16.2 Å². The number of hydrogen-bond donors (Lipinski definition) is 3. The molecule has 1 amide bonds. The highest BCUT2D eigenvalue weighted by Gasteiger charge is 2.33. The number of carbonyl (C=O) groups is 1. The summed E-state index contributed by atoms with van der Waals surface area (Å²) in [6, 6.07) is 0.370. The topological polar surface area (TPSA) is 75.3 Å². The van der Waals surface area contributed by atoms with Crippen molar-refractivity contribution in [3.63, 3.8) is 0 Å². The van der Waals surface area contributed by atoms with Crippen molar-refractivity contribution in [3.8, 4) is 5.75 Å². The molecule has 0 aliphatic carbocycles. The van der Waals surface area contributed by atoms with Crippen molar-refractivity contribution in [1.29, 1.82) is 0 Å². The highest BCUT2D eigenvalue weighted by Crippen LogP contribution is 2.26. The molecule has 1 aromatic carbocycles. The molecule has 4 nitrogen and oxygen atoms in total. The van der Waals surface area contributed by atoms with Crippen LogP contribution in [0.15, 0.2) is 6.07 Å². The van der Waals surface area contributed by atoms with E-state index in [0.29, 0.717) is 18.9 Å². The van der Waals surface area contributed by atoms with Gasteiger partial charge in [-0.2, -0.15) is 4.39 Å². The fourth-order valence-electron chi connectivity index (χ4n) is 1.88. The minimum atomic E-state index is -1.75. The van der Waals surface area contributed by atoms with Gasteiger partial charge in [-0.15, -0.1) is 0 Å². The first-order valence-corrected chi connectivity index (χ1v) is 6.59. The van der Waals surface area contributed by atoms with Gasteiger partial charge in [-0.25, -0.2) is 8.78 Å². The molecule has 0 saturated heterocycles. The number of hydrogen-bond acceptors (Lipinski definition) is 3. The van der Waals surface area contributed by atoms with E-state index in [1.165, 1.54) is 0 Å². The Labute approximate surface area is 125 Å². The molecule has 116 valence electrons. The Morgan fingerprint density at radius 2 is 1.86 bits per heavy atom. The molecule has 0 aliphatic rings. The molecule has 0 saturated carbocycles. The van der Waals surface area contributed by atoms with Crippen LogP contribution in [0.1, 0.15) is 37.0 Å². The Morgan fingerprint density at radius 1 is 1.33 bits per heavy atom. The zero-order valence-corrected chi connectivity index (χ0v) is 12.3. The van der Waals surface area contributed by atoms with Gasteiger partial charge in [0.05, 0.1) is 16.1 Å². The number of amides is 1. The summed E-state index contributed by atoms with van der Waals surface area (Å²) < 4.78 is 39.9. The molecule has 0 unspecified atom stereocenters. The summed E-state index contributed by atoms with van der Waals surface area (Å²) in [6.45, 7) is 3.42. The molecule has 8 heteroatoms. The van der Waals surface area contributed by atoms with Crippen LogP contribution in [0.2, 0.25) is 0 Å². The average Bonchev–Trinajstić information content (AvgIpc) is 2.45. The lowest BCUT2D eigenvalue weighted by atomic mass is 9.92. The molecule has 1 aromatic rings. The molecular formula is C13H15F3N2O2S. The maximum atomic E-state index is 13.7. The van der Waals surface area contributed by atoms with Crippen LogP contribution in [-0.2, 0) is 0 Å². The maximum absolute atomic E-state index is 13.7. The number of rotatable bonds is 5. The van der Waals surface area contributed by atoms with Crippen molar-refractivity contribution < 1.29 is 23.1 Å². The largest absolute Gasteiger partial charge is 0.503 e. The number of nitrogens with one attached hydrogen (secondary N) is 1. The monoisotopic (exact) mass is 320 g/mol. The van der Waals surface area contributed by atoms with Crippen LogP contribution in [0, 0.1) is 17.5 Å². The van der Waals surface area contributed by atoms with Crippen LogP contribution < -0.4 is 11.1 Å². The van der Waals surface area contributed by atoms with Crippen LogP contribution in [0.4, 0.5) is 13.2 Å². The Kier molecular flexibility index (Phi) is 5.16. The number of aromatic hydroxyl groups is 1. The zero-order valence-electron chi connectivity index (χ0n) is 11.5. The van der Waals surface area contributed by atoms with Gasteiger partial charge in [0.2, 0.25) is 5.82 Å². The van der Waals surface area contributed by atoms with Gasteiger partial charge in [0.15, 0.2) is 17.4 Å². The van der Waals surface area contributed by atoms with E-state index >= 15 is 0 Å². The average molecular weight is 320 g/mol. The van der Waals surface area contributed by atoms with E-state index in [-0.39, 0.29) is 4.99 Å². The van der Waals surface area contributed by atoms with Gasteiger partial charge in [0.25, 0.3) is 5.91 Å². The number of thiocarbonyl (C=S) groups is 1. The summed E-state index contributed by atoms with van der Waals surface area (Å²) in [5, 5.41) is 11.5. The van der Waals surface area contributed by atoms with Crippen LogP contribution in [0.25, 0.3) is 0 Å². The summed E-state index contributed by atoms with van der Waals surface area (Å²) in [5.41, 5.74) is 3.69. The fraction of sp³-hybridized carbons (Fsp3) is 0.385. The zero-order chi connectivity index (χ0) is 16.4. The Balaban J connectivity index is 3.24. The predicted molar refractivity (Wildman–Crippen MR) is 75.5 cm³/mol. The molecule has 1 rings (SSSR count). The van der Waals surface area contributed by atoms with Gasteiger partial charge in [-0.1, -0.05) is 26.1 Å². The Bertz CT molecular complexity index is 589. The normalized spacial score (nSPS) is 11.3. The van der Waals surface area contributed by atoms with Gasteiger partial charge >= 0.3 is 0 Å². The lowest BCUT2D eigenvalue weighted by Crippen LogP contribution is -2.56. The lowest BCUT2D eigenvalue weighted by molar-refractivity contribution is 0.0914. The second-order valence-corrected chi connectivity index (χ2v) is 4.93. The first kappa shape index (κ1) is 17.2. The molecule has 0 spiro atoms. The molecular weight excluding hydrogens is 305 g/mol. The highest BCUT2D eigenvalue weighted by atomic mass is 32.1. The molecule has 0 heterocycles. The molecule has 21 heavy (non-hydrogen) atoms. The SMILES string of the molecule is CCC(CC)(NC(=O)c1cc(F)c(F)c(O)c1F)C(N)=S. The number of phenols is 1. The minimum Gasteiger partial charge on any atom is -0.503 e. The quantitative estimate of drug-likeness (QED) is 0.575. The van der Waals surface area contributed by atoms with Crippen LogP contribution in [-0.4, -0.2) is 21.5 Å². The number of benzene rings is 1. The maximum Gasteiger partial charge on any atom is 0.255 e. The number of halogens is 3. The van der Waals surface area contributed by atoms with E-state index in [2.05, 4.69) is 5.32 Å². The summed E-state index contributed by atoms with van der Waals surface area (Å²) in [4.78, 5) is 12.0. The summed E-state index contributed by atoms with van der Waals surface area (Å²) in [6.07, 6.45) is 0.670. The fourth-order valence-corrected chi connectivity index (χ4v) is 2.22. The third-order valence-corrected chi connectivity index (χ3v) is 3.80. The van der Waals surface area contributed by atoms with Gasteiger partial charge in [0.1, 0.15) is 0 Å². The third-order valence-electron chi connectivity index (χ3n) is 3.41. The van der Waals surface area contributed by atoms with Crippen molar-refractivity contribution in [1.82, 2.24) is 5.32 Å². The molecule has 0 aliphatic heterocycles. The molecule has 4 N–H and O–H groups in total. The van der Waals surface area contributed by atoms with E-state index in [1.54, 1.807) is 13.8 Å². The van der Waals surface area contributed by atoms with Crippen molar-refractivity contribution >= 4 is 23.1 Å².